The van der Waals surface area contributed by atoms with Gasteiger partial charge in [-0.2, -0.15) is 0 Å². The third-order valence-corrected chi connectivity index (χ3v) is 8.39. The predicted octanol–water partition coefficient (Wildman–Crippen LogP) is 4.49. The summed E-state index contributed by atoms with van der Waals surface area (Å²) < 4.78 is 27.8. The van der Waals surface area contributed by atoms with E-state index in [1.54, 1.807) is 53.4 Å². The maximum Gasteiger partial charge on any atom is 0.261 e. The Balaban J connectivity index is 1.35. The van der Waals surface area contributed by atoms with Crippen molar-refractivity contribution >= 4 is 27.5 Å². The Morgan fingerprint density at radius 1 is 0.857 bits per heavy atom. The van der Waals surface area contributed by atoms with E-state index in [4.69, 9.17) is 0 Å². The van der Waals surface area contributed by atoms with Crippen LogP contribution >= 0.6 is 0 Å². The zero-order chi connectivity index (χ0) is 24.8. The van der Waals surface area contributed by atoms with Gasteiger partial charge in [0.25, 0.3) is 15.9 Å². The predicted molar refractivity (Wildman–Crippen MR) is 137 cm³/mol. The van der Waals surface area contributed by atoms with Gasteiger partial charge < -0.3 is 10.2 Å². The molecule has 2 aromatic rings. The maximum atomic E-state index is 13.1. The number of nitrogens with zero attached hydrogens (tertiary/aromatic N) is 1. The first kappa shape index (κ1) is 25.2. The molecule has 0 aromatic heterocycles. The second-order valence-electron chi connectivity index (χ2n) is 9.78. The average molecular weight is 498 g/mol. The van der Waals surface area contributed by atoms with Gasteiger partial charge in [0.15, 0.2) is 0 Å². The summed E-state index contributed by atoms with van der Waals surface area (Å²) >= 11 is 0. The molecule has 2 N–H and O–H groups in total. The lowest BCUT2D eigenvalue weighted by atomic mass is 9.95. The lowest BCUT2D eigenvalue weighted by Crippen LogP contribution is -2.47. The average Bonchev–Trinajstić information content (AvgIpc) is 3.13. The van der Waals surface area contributed by atoms with E-state index in [0.717, 1.165) is 44.1 Å². The zero-order valence-electron chi connectivity index (χ0n) is 20.3. The summed E-state index contributed by atoms with van der Waals surface area (Å²) in [5.74, 6) is -0.253. The van der Waals surface area contributed by atoms with Crippen LogP contribution < -0.4 is 10.0 Å². The van der Waals surface area contributed by atoms with Crippen molar-refractivity contribution in [1.29, 1.82) is 0 Å². The van der Waals surface area contributed by atoms with Crippen molar-refractivity contribution in [1.82, 2.24) is 10.2 Å². The van der Waals surface area contributed by atoms with Gasteiger partial charge in [-0.05, 0) is 69.0 Å². The van der Waals surface area contributed by atoms with Crippen molar-refractivity contribution in [3.05, 3.63) is 59.7 Å². The molecule has 0 spiro atoms. The van der Waals surface area contributed by atoms with Crippen LogP contribution in [0.3, 0.4) is 0 Å². The zero-order valence-corrected chi connectivity index (χ0v) is 21.1. The van der Waals surface area contributed by atoms with Crippen LogP contribution in [0.4, 0.5) is 5.69 Å². The molecule has 1 aliphatic heterocycles. The molecule has 2 amide bonds. The van der Waals surface area contributed by atoms with Crippen molar-refractivity contribution in [2.75, 3.05) is 17.8 Å². The van der Waals surface area contributed by atoms with Crippen molar-refractivity contribution in [3.8, 4) is 0 Å². The van der Waals surface area contributed by atoms with E-state index in [0.29, 0.717) is 24.3 Å². The molecule has 8 heteroatoms. The molecule has 4 rings (SSSR count). The van der Waals surface area contributed by atoms with Crippen LogP contribution in [0.5, 0.6) is 0 Å². The molecule has 7 nitrogen and oxygen atoms in total. The van der Waals surface area contributed by atoms with Gasteiger partial charge in [-0.25, -0.2) is 8.42 Å². The highest BCUT2D eigenvalue weighted by molar-refractivity contribution is 7.92. The lowest BCUT2D eigenvalue weighted by Gasteiger charge is -2.33. The van der Waals surface area contributed by atoms with Gasteiger partial charge in [0.2, 0.25) is 5.91 Å². The summed E-state index contributed by atoms with van der Waals surface area (Å²) in [6.45, 7) is 2.93. The molecule has 1 unspecified atom stereocenters. The van der Waals surface area contributed by atoms with Gasteiger partial charge >= 0.3 is 0 Å². The Hall–Kier alpha value is -2.87. The van der Waals surface area contributed by atoms with E-state index < -0.39 is 10.0 Å². The summed E-state index contributed by atoms with van der Waals surface area (Å²) in [6.07, 6.45) is 8.48. The molecule has 1 atom stereocenters. The Morgan fingerprint density at radius 2 is 1.51 bits per heavy atom. The summed E-state index contributed by atoms with van der Waals surface area (Å²) in [5.41, 5.74) is 1.85. The fraction of sp³-hybridized carbons (Fsp3) is 0.481. The van der Waals surface area contributed by atoms with E-state index in [1.165, 1.54) is 12.8 Å². The van der Waals surface area contributed by atoms with Crippen LogP contribution in [0.15, 0.2) is 53.4 Å². The number of hydrogen-bond acceptors (Lipinski definition) is 4. The highest BCUT2D eigenvalue weighted by Gasteiger charge is 2.30. The largest absolute Gasteiger partial charge is 0.353 e. The van der Waals surface area contributed by atoms with Crippen LogP contribution in [-0.4, -0.2) is 44.3 Å². The number of carbonyl (C=O) groups excluding carboxylic acids is 2. The molecule has 2 fully saturated rings. The number of rotatable bonds is 6. The number of benzene rings is 2. The summed E-state index contributed by atoms with van der Waals surface area (Å²) in [4.78, 5) is 27.9. The Kier molecular flexibility index (Phi) is 8.11. The van der Waals surface area contributed by atoms with Crippen molar-refractivity contribution < 1.29 is 18.0 Å². The fourth-order valence-electron chi connectivity index (χ4n) is 4.91. The topological polar surface area (TPSA) is 95.6 Å². The molecule has 35 heavy (non-hydrogen) atoms. The van der Waals surface area contributed by atoms with E-state index in [-0.39, 0.29) is 28.7 Å². The van der Waals surface area contributed by atoms with Crippen molar-refractivity contribution in [2.24, 2.45) is 5.92 Å². The van der Waals surface area contributed by atoms with Crippen LogP contribution in [0.2, 0.25) is 0 Å². The Bertz CT molecular complexity index is 1120. The first-order valence-corrected chi connectivity index (χ1v) is 14.1. The molecule has 1 aliphatic carbocycles. The lowest BCUT2D eigenvalue weighted by molar-refractivity contribution is -0.127. The Morgan fingerprint density at radius 3 is 2.17 bits per heavy atom. The normalized spacial score (nSPS) is 19.6. The third kappa shape index (κ3) is 6.63. The highest BCUT2D eigenvalue weighted by Crippen LogP contribution is 2.23. The molecule has 0 bridgehead atoms. The maximum absolute atomic E-state index is 13.1. The van der Waals surface area contributed by atoms with E-state index >= 15 is 0 Å². The Labute approximate surface area is 208 Å². The van der Waals surface area contributed by atoms with Gasteiger partial charge in [-0.15, -0.1) is 0 Å². The van der Waals surface area contributed by atoms with Crippen LogP contribution in [0.1, 0.15) is 67.3 Å². The molecule has 1 saturated heterocycles. The summed E-state index contributed by atoms with van der Waals surface area (Å²) in [5, 5.41) is 3.23. The molecule has 188 valence electrons. The molecular weight excluding hydrogens is 462 g/mol. The summed E-state index contributed by atoms with van der Waals surface area (Å²) in [6, 6.07) is 13.3. The van der Waals surface area contributed by atoms with Gasteiger partial charge in [0.1, 0.15) is 0 Å². The highest BCUT2D eigenvalue weighted by atomic mass is 32.2. The van der Waals surface area contributed by atoms with Crippen molar-refractivity contribution in [3.63, 3.8) is 0 Å². The minimum atomic E-state index is -3.70. The quantitative estimate of drug-likeness (QED) is 0.575. The minimum Gasteiger partial charge on any atom is -0.353 e. The minimum absolute atomic E-state index is 0.0651. The number of amides is 2. The molecule has 1 saturated carbocycles. The number of sulfonamides is 1. The van der Waals surface area contributed by atoms with Crippen LogP contribution in [-0.2, 0) is 14.8 Å². The van der Waals surface area contributed by atoms with E-state index in [9.17, 15) is 18.0 Å². The van der Waals surface area contributed by atoms with E-state index in [2.05, 4.69) is 10.0 Å². The smallest absolute Gasteiger partial charge is 0.261 e. The molecule has 2 aliphatic rings. The first-order chi connectivity index (χ1) is 16.8. The number of piperidine rings is 1. The van der Waals surface area contributed by atoms with Gasteiger partial charge in [0.05, 0.1) is 10.8 Å². The number of nitrogens with one attached hydrogen (secondary N) is 2. The second-order valence-corrected chi connectivity index (χ2v) is 11.5. The molecule has 2 aromatic carbocycles. The molecule has 1 heterocycles. The molecule has 0 radical (unpaired) electrons. The van der Waals surface area contributed by atoms with Gasteiger partial charge in [-0.1, -0.05) is 43.4 Å². The van der Waals surface area contributed by atoms with Gasteiger partial charge in [0, 0.05) is 30.4 Å². The number of anilines is 1. The van der Waals surface area contributed by atoms with E-state index in [1.807, 2.05) is 6.92 Å². The van der Waals surface area contributed by atoms with Crippen molar-refractivity contribution in [2.45, 2.75) is 69.2 Å². The monoisotopic (exact) mass is 497 g/mol. The number of likely N-dealkylation sites (tertiary alicyclic amines) is 1. The SMILES string of the molecule is Cc1ccc(S(=O)(=O)Nc2ccc(C(=O)N3CCCC(C(=O)NC4CCCCCC4)C3)cc2)cc1. The fourth-order valence-corrected chi connectivity index (χ4v) is 5.97. The number of hydrogen-bond donors (Lipinski definition) is 2. The van der Waals surface area contributed by atoms with Crippen LogP contribution in [0.25, 0.3) is 0 Å². The summed E-state index contributed by atoms with van der Waals surface area (Å²) in [7, 11) is -3.70. The number of aryl methyl sites for hydroxylation is 1. The second kappa shape index (κ2) is 11.2. The number of carbonyl (C=O) groups is 2. The third-order valence-electron chi connectivity index (χ3n) is 7.00. The first-order valence-electron chi connectivity index (χ1n) is 12.6. The standard InChI is InChI=1S/C27H35N3O4S/c1-20-10-16-25(17-11-20)35(33,34)29-24-14-12-21(13-15-24)27(32)30-18-6-7-22(19-30)26(31)28-23-8-4-2-3-5-9-23/h10-17,22-23,29H,2-9,18-19H2,1H3,(H,28,31). The van der Waals surface area contributed by atoms with Crippen LogP contribution in [0, 0.1) is 12.8 Å². The molecular formula is C27H35N3O4S. The van der Waals surface area contributed by atoms with Gasteiger partial charge in [-0.3, -0.25) is 14.3 Å².